The second kappa shape index (κ2) is 7.55. The Bertz CT molecular complexity index is 1240. The van der Waals surface area contributed by atoms with Crippen LogP contribution in [0.2, 0.25) is 0 Å². The lowest BCUT2D eigenvalue weighted by Crippen LogP contribution is -2.38. The molecule has 0 atom stereocenters. The maximum Gasteiger partial charge on any atom is 0.316 e. The lowest BCUT2D eigenvalue weighted by Gasteiger charge is -2.11. The van der Waals surface area contributed by atoms with Crippen molar-refractivity contribution in [1.82, 2.24) is 19.9 Å². The van der Waals surface area contributed by atoms with Crippen LogP contribution in [0.25, 0.3) is 22.4 Å². The second-order valence-electron chi connectivity index (χ2n) is 6.48. The van der Waals surface area contributed by atoms with Crippen molar-refractivity contribution in [3.63, 3.8) is 0 Å². The molecule has 0 aliphatic heterocycles. The van der Waals surface area contributed by atoms with Gasteiger partial charge in [-0.15, -0.1) is 5.10 Å². The monoisotopic (exact) mass is 390 g/mol. The van der Waals surface area contributed by atoms with E-state index >= 15 is 0 Å². The van der Waals surface area contributed by atoms with Crippen molar-refractivity contribution in [3.8, 4) is 11.5 Å². The number of nitrogens with one attached hydrogen (secondary N) is 2. The number of fused-ring (bicyclic) bond motifs is 1. The standard InChI is InChI=1S/C20H18N6O3/c1-12-7-9-14(10-8-12)18-23-24-20(29-18)21-11-17(27)25-26-13(2)22-16-6-4-3-5-15(16)19(26)28/h3-10H,11H2,1-2H3,(H,21,24)(H,25,27). The Morgan fingerprint density at radius 1 is 1.07 bits per heavy atom. The molecule has 9 nitrogen and oxygen atoms in total. The predicted octanol–water partition coefficient (Wildman–Crippen LogP) is 2.25. The van der Waals surface area contributed by atoms with Crippen LogP contribution in [0.5, 0.6) is 0 Å². The predicted molar refractivity (Wildman–Crippen MR) is 108 cm³/mol. The van der Waals surface area contributed by atoms with Crippen molar-refractivity contribution >= 4 is 22.8 Å². The first-order valence-corrected chi connectivity index (χ1v) is 8.94. The van der Waals surface area contributed by atoms with E-state index in [0.29, 0.717) is 22.6 Å². The number of rotatable bonds is 5. The van der Waals surface area contributed by atoms with E-state index in [9.17, 15) is 9.59 Å². The minimum absolute atomic E-state index is 0.108. The second-order valence-corrected chi connectivity index (χ2v) is 6.48. The Balaban J connectivity index is 1.44. The van der Waals surface area contributed by atoms with Gasteiger partial charge < -0.3 is 9.73 Å². The molecule has 0 aliphatic rings. The summed E-state index contributed by atoms with van der Waals surface area (Å²) >= 11 is 0. The fourth-order valence-electron chi connectivity index (χ4n) is 2.80. The van der Waals surface area contributed by atoms with E-state index in [0.717, 1.165) is 15.8 Å². The molecule has 146 valence electrons. The van der Waals surface area contributed by atoms with Gasteiger partial charge in [-0.25, -0.2) is 9.66 Å². The number of carbonyl (C=O) groups is 1. The molecule has 0 radical (unpaired) electrons. The molecule has 2 heterocycles. The van der Waals surface area contributed by atoms with Crippen molar-refractivity contribution < 1.29 is 9.21 Å². The van der Waals surface area contributed by atoms with Crippen LogP contribution in [-0.4, -0.2) is 32.3 Å². The maximum atomic E-state index is 12.6. The van der Waals surface area contributed by atoms with Crippen LogP contribution in [0, 0.1) is 13.8 Å². The summed E-state index contributed by atoms with van der Waals surface area (Å²) in [6.45, 7) is 3.48. The minimum atomic E-state index is -0.456. The smallest absolute Gasteiger partial charge is 0.316 e. The molecular formula is C20H18N6O3. The molecule has 4 aromatic rings. The summed E-state index contributed by atoms with van der Waals surface area (Å²) < 4.78 is 6.64. The molecule has 2 aromatic heterocycles. The van der Waals surface area contributed by atoms with Gasteiger partial charge in [-0.2, -0.15) is 0 Å². The molecule has 4 rings (SSSR count). The molecule has 1 amide bonds. The van der Waals surface area contributed by atoms with E-state index in [-0.39, 0.29) is 18.1 Å². The number of aromatic nitrogens is 4. The number of hydrogen-bond acceptors (Lipinski definition) is 7. The van der Waals surface area contributed by atoms with Crippen LogP contribution in [0.1, 0.15) is 11.4 Å². The average molecular weight is 390 g/mol. The average Bonchev–Trinajstić information content (AvgIpc) is 3.19. The molecule has 2 N–H and O–H groups in total. The lowest BCUT2D eigenvalue weighted by molar-refractivity contribution is -0.115. The highest BCUT2D eigenvalue weighted by atomic mass is 16.4. The van der Waals surface area contributed by atoms with E-state index in [1.165, 1.54) is 0 Å². The quantitative estimate of drug-likeness (QED) is 0.537. The van der Waals surface area contributed by atoms with Crippen molar-refractivity contribution in [2.75, 3.05) is 17.3 Å². The summed E-state index contributed by atoms with van der Waals surface area (Å²) in [7, 11) is 0. The normalized spacial score (nSPS) is 10.8. The summed E-state index contributed by atoms with van der Waals surface area (Å²) in [6.07, 6.45) is 0. The van der Waals surface area contributed by atoms with Crippen molar-refractivity contribution in [2.24, 2.45) is 0 Å². The summed E-state index contributed by atoms with van der Waals surface area (Å²) in [6, 6.07) is 14.7. The summed E-state index contributed by atoms with van der Waals surface area (Å²) in [4.78, 5) is 29.2. The highest BCUT2D eigenvalue weighted by Gasteiger charge is 2.12. The van der Waals surface area contributed by atoms with Gasteiger partial charge in [-0.05, 0) is 38.1 Å². The number of hydrogen-bond donors (Lipinski definition) is 2. The molecule has 0 unspecified atom stereocenters. The van der Waals surface area contributed by atoms with E-state index in [1.54, 1.807) is 31.2 Å². The molecule has 0 bridgehead atoms. The van der Waals surface area contributed by atoms with E-state index in [4.69, 9.17) is 4.42 Å². The Labute approximate surface area is 165 Å². The maximum absolute atomic E-state index is 12.6. The third kappa shape index (κ3) is 3.84. The number of para-hydroxylation sites is 1. The SMILES string of the molecule is Cc1ccc(-c2nnc(NCC(=O)Nn3c(C)nc4ccccc4c3=O)o2)cc1. The molecule has 0 saturated heterocycles. The zero-order chi connectivity index (χ0) is 20.4. The van der Waals surface area contributed by atoms with Gasteiger partial charge in [0.1, 0.15) is 12.4 Å². The van der Waals surface area contributed by atoms with E-state index < -0.39 is 5.91 Å². The van der Waals surface area contributed by atoms with Gasteiger partial charge in [0.25, 0.3) is 11.5 Å². The van der Waals surface area contributed by atoms with Crippen LogP contribution in [0.4, 0.5) is 6.01 Å². The fraction of sp³-hybridized carbons (Fsp3) is 0.150. The zero-order valence-corrected chi connectivity index (χ0v) is 15.8. The van der Waals surface area contributed by atoms with E-state index in [1.807, 2.05) is 31.2 Å². The van der Waals surface area contributed by atoms with Crippen LogP contribution >= 0.6 is 0 Å². The highest BCUT2D eigenvalue weighted by molar-refractivity contribution is 5.87. The highest BCUT2D eigenvalue weighted by Crippen LogP contribution is 2.19. The van der Waals surface area contributed by atoms with Gasteiger partial charge in [-0.3, -0.25) is 15.0 Å². The van der Waals surface area contributed by atoms with Crippen LogP contribution in [0.3, 0.4) is 0 Å². The molecule has 9 heteroatoms. The van der Waals surface area contributed by atoms with Crippen molar-refractivity contribution in [2.45, 2.75) is 13.8 Å². The molecular weight excluding hydrogens is 372 g/mol. The van der Waals surface area contributed by atoms with Gasteiger partial charge in [0.2, 0.25) is 5.89 Å². The molecule has 2 aromatic carbocycles. The first-order valence-electron chi connectivity index (χ1n) is 8.94. The van der Waals surface area contributed by atoms with Gasteiger partial charge in [-0.1, -0.05) is 34.9 Å². The minimum Gasteiger partial charge on any atom is -0.403 e. The summed E-state index contributed by atoms with van der Waals surface area (Å²) in [5.74, 6) is 0.266. The Morgan fingerprint density at radius 3 is 2.62 bits per heavy atom. The molecule has 0 aliphatic carbocycles. The number of amides is 1. The van der Waals surface area contributed by atoms with Crippen LogP contribution in [-0.2, 0) is 4.79 Å². The van der Waals surface area contributed by atoms with Crippen LogP contribution in [0.15, 0.2) is 57.7 Å². The summed E-state index contributed by atoms with van der Waals surface area (Å²) in [5, 5.41) is 11.0. The number of nitrogens with zero attached hydrogens (tertiary/aromatic N) is 4. The fourth-order valence-corrected chi connectivity index (χ4v) is 2.80. The molecule has 0 spiro atoms. The number of anilines is 1. The van der Waals surface area contributed by atoms with Gasteiger partial charge in [0.15, 0.2) is 0 Å². The number of benzene rings is 2. The molecule has 0 fully saturated rings. The number of carbonyl (C=O) groups excluding carboxylic acids is 1. The third-order valence-electron chi connectivity index (χ3n) is 4.30. The lowest BCUT2D eigenvalue weighted by atomic mass is 10.1. The topological polar surface area (TPSA) is 115 Å². The Hall–Kier alpha value is -4.01. The third-order valence-corrected chi connectivity index (χ3v) is 4.30. The first kappa shape index (κ1) is 18.4. The van der Waals surface area contributed by atoms with E-state index in [2.05, 4.69) is 25.9 Å². The van der Waals surface area contributed by atoms with Gasteiger partial charge in [0, 0.05) is 5.56 Å². The molecule has 0 saturated carbocycles. The zero-order valence-electron chi connectivity index (χ0n) is 15.8. The largest absolute Gasteiger partial charge is 0.403 e. The van der Waals surface area contributed by atoms with Crippen molar-refractivity contribution in [1.29, 1.82) is 0 Å². The Morgan fingerprint density at radius 2 is 1.83 bits per heavy atom. The number of aryl methyl sites for hydroxylation is 2. The summed E-state index contributed by atoms with van der Waals surface area (Å²) in [5.41, 5.74) is 4.67. The molecule has 29 heavy (non-hydrogen) atoms. The van der Waals surface area contributed by atoms with Crippen molar-refractivity contribution in [3.05, 3.63) is 70.3 Å². The van der Waals surface area contributed by atoms with Gasteiger partial charge >= 0.3 is 6.01 Å². The van der Waals surface area contributed by atoms with Crippen LogP contribution < -0.4 is 16.3 Å². The first-order chi connectivity index (χ1) is 14.0. The Kier molecular flexibility index (Phi) is 4.78. The van der Waals surface area contributed by atoms with Gasteiger partial charge in [0.05, 0.1) is 10.9 Å².